The number of ether oxygens (including phenoxy) is 1. The highest BCUT2D eigenvalue weighted by molar-refractivity contribution is 5.83. The molecular formula is C15H22N2O2. The molecular weight excluding hydrogens is 240 g/mol. The predicted molar refractivity (Wildman–Crippen MR) is 75.2 cm³/mol. The van der Waals surface area contributed by atoms with Crippen LogP contribution >= 0.6 is 0 Å². The first-order chi connectivity index (χ1) is 9.13. The molecule has 1 unspecified atom stereocenters. The first-order valence-corrected chi connectivity index (χ1v) is 6.84. The number of nitrogens with one attached hydrogen (secondary N) is 1. The van der Waals surface area contributed by atoms with Gasteiger partial charge in [-0.25, -0.2) is 0 Å². The topological polar surface area (TPSA) is 41.6 Å². The van der Waals surface area contributed by atoms with Gasteiger partial charge >= 0.3 is 0 Å². The lowest BCUT2D eigenvalue weighted by Crippen LogP contribution is -2.30. The summed E-state index contributed by atoms with van der Waals surface area (Å²) in [5.41, 5.74) is 2.20. The molecule has 0 aromatic heterocycles. The molecule has 1 saturated heterocycles. The van der Waals surface area contributed by atoms with Gasteiger partial charge in [-0.2, -0.15) is 0 Å². The van der Waals surface area contributed by atoms with Crippen molar-refractivity contribution in [2.24, 2.45) is 0 Å². The summed E-state index contributed by atoms with van der Waals surface area (Å²) in [6, 6.07) is 6.10. The van der Waals surface area contributed by atoms with Crippen molar-refractivity contribution < 1.29 is 9.53 Å². The van der Waals surface area contributed by atoms with Crippen LogP contribution < -0.4 is 10.1 Å². The van der Waals surface area contributed by atoms with Crippen LogP contribution in [0.4, 0.5) is 0 Å². The van der Waals surface area contributed by atoms with Gasteiger partial charge in [-0.3, -0.25) is 4.79 Å². The smallest absolute Gasteiger partial charge is 0.263 e. The summed E-state index contributed by atoms with van der Waals surface area (Å²) >= 11 is 0. The summed E-state index contributed by atoms with van der Waals surface area (Å²) in [4.78, 5) is 13.7. The fourth-order valence-electron chi connectivity index (χ4n) is 2.32. The molecule has 1 N–H and O–H groups in total. The van der Waals surface area contributed by atoms with Gasteiger partial charge in [0.2, 0.25) is 0 Å². The Morgan fingerprint density at radius 2 is 2.26 bits per heavy atom. The quantitative estimate of drug-likeness (QED) is 0.878. The predicted octanol–water partition coefficient (Wildman–Crippen LogP) is 1.71. The monoisotopic (exact) mass is 262 g/mol. The van der Waals surface area contributed by atoms with E-state index in [4.69, 9.17) is 4.74 Å². The van der Waals surface area contributed by atoms with Crippen LogP contribution in [0, 0.1) is 6.92 Å². The number of hydrogen-bond donors (Lipinski definition) is 1. The van der Waals surface area contributed by atoms with E-state index in [-0.39, 0.29) is 12.0 Å². The van der Waals surface area contributed by atoms with Crippen molar-refractivity contribution in [3.63, 3.8) is 0 Å². The van der Waals surface area contributed by atoms with Crippen molar-refractivity contribution in [2.75, 3.05) is 20.1 Å². The van der Waals surface area contributed by atoms with Crippen molar-refractivity contribution in [1.82, 2.24) is 10.2 Å². The molecule has 4 nitrogen and oxygen atoms in total. The Kier molecular flexibility index (Phi) is 4.43. The lowest BCUT2D eigenvalue weighted by atomic mass is 10.1. The number of likely N-dealkylation sites (tertiary alicyclic amines) is 1. The number of amides is 1. The highest BCUT2D eigenvalue weighted by Crippen LogP contribution is 2.27. The second kappa shape index (κ2) is 6.06. The number of aryl methyl sites for hydroxylation is 1. The van der Waals surface area contributed by atoms with Crippen molar-refractivity contribution in [3.05, 3.63) is 29.3 Å². The van der Waals surface area contributed by atoms with E-state index in [1.165, 1.54) is 0 Å². The molecule has 1 heterocycles. The summed E-state index contributed by atoms with van der Waals surface area (Å²) in [5.74, 6) is 0.940. The van der Waals surface area contributed by atoms with Crippen molar-refractivity contribution in [2.45, 2.75) is 32.9 Å². The van der Waals surface area contributed by atoms with Gasteiger partial charge < -0.3 is 15.0 Å². The SMILES string of the molecule is CCNCc1cccc(C)c1OC1CCN(C)C1=O. The van der Waals surface area contributed by atoms with E-state index >= 15 is 0 Å². The first kappa shape index (κ1) is 13.9. The maximum atomic E-state index is 11.9. The maximum absolute atomic E-state index is 11.9. The molecule has 0 spiro atoms. The Hall–Kier alpha value is -1.55. The third kappa shape index (κ3) is 3.07. The molecule has 1 aliphatic rings. The van der Waals surface area contributed by atoms with Crippen LogP contribution in [0.5, 0.6) is 5.75 Å². The lowest BCUT2D eigenvalue weighted by Gasteiger charge is -2.18. The number of hydrogen-bond acceptors (Lipinski definition) is 3. The van der Waals surface area contributed by atoms with Gasteiger partial charge in [0.05, 0.1) is 0 Å². The van der Waals surface area contributed by atoms with E-state index < -0.39 is 0 Å². The summed E-state index contributed by atoms with van der Waals surface area (Å²) in [7, 11) is 1.82. The zero-order valence-electron chi connectivity index (χ0n) is 11.9. The minimum Gasteiger partial charge on any atom is -0.480 e. The third-order valence-corrected chi connectivity index (χ3v) is 3.50. The number of benzene rings is 1. The average molecular weight is 262 g/mol. The zero-order valence-corrected chi connectivity index (χ0v) is 11.9. The lowest BCUT2D eigenvalue weighted by molar-refractivity contribution is -0.132. The number of nitrogens with zero attached hydrogens (tertiary/aromatic N) is 1. The van der Waals surface area contributed by atoms with Crippen LogP contribution in [0.3, 0.4) is 0 Å². The summed E-state index contributed by atoms with van der Waals surface area (Å²) < 4.78 is 5.99. The normalized spacial score (nSPS) is 19.0. The van der Waals surface area contributed by atoms with E-state index in [9.17, 15) is 4.79 Å². The van der Waals surface area contributed by atoms with Crippen LogP contribution in [0.25, 0.3) is 0 Å². The van der Waals surface area contributed by atoms with E-state index in [1.54, 1.807) is 4.90 Å². The van der Waals surface area contributed by atoms with Gasteiger partial charge in [0.15, 0.2) is 6.10 Å². The second-order valence-corrected chi connectivity index (χ2v) is 5.00. The van der Waals surface area contributed by atoms with E-state index in [0.29, 0.717) is 0 Å². The van der Waals surface area contributed by atoms with Crippen LogP contribution in [0.1, 0.15) is 24.5 Å². The maximum Gasteiger partial charge on any atom is 0.263 e. The molecule has 1 amide bonds. The summed E-state index contributed by atoms with van der Waals surface area (Å²) in [5, 5.41) is 3.30. The van der Waals surface area contributed by atoms with E-state index in [1.807, 2.05) is 32.2 Å². The average Bonchev–Trinajstić information content (AvgIpc) is 2.71. The third-order valence-electron chi connectivity index (χ3n) is 3.50. The molecule has 4 heteroatoms. The molecule has 104 valence electrons. The van der Waals surface area contributed by atoms with Gasteiger partial charge in [-0.15, -0.1) is 0 Å². The van der Waals surface area contributed by atoms with E-state index in [2.05, 4.69) is 12.2 Å². The van der Waals surface area contributed by atoms with Crippen LogP contribution in [0.15, 0.2) is 18.2 Å². The number of rotatable bonds is 5. The Labute approximate surface area is 114 Å². The standard InChI is InChI=1S/C15H22N2O2/c1-4-16-10-12-7-5-6-11(2)14(12)19-13-8-9-17(3)15(13)18/h5-7,13,16H,4,8-10H2,1-3H3. The van der Waals surface area contributed by atoms with Gasteiger partial charge in [0.25, 0.3) is 5.91 Å². The molecule has 0 aliphatic carbocycles. The Morgan fingerprint density at radius 3 is 2.89 bits per heavy atom. The van der Waals surface area contributed by atoms with E-state index in [0.717, 1.165) is 42.9 Å². The highest BCUT2D eigenvalue weighted by atomic mass is 16.5. The Balaban J connectivity index is 2.16. The number of likely N-dealkylation sites (N-methyl/N-ethyl adjacent to an activating group) is 1. The Morgan fingerprint density at radius 1 is 1.47 bits per heavy atom. The van der Waals surface area contributed by atoms with Crippen molar-refractivity contribution >= 4 is 5.91 Å². The van der Waals surface area contributed by atoms with Crippen LogP contribution in [-0.4, -0.2) is 37.0 Å². The molecule has 2 rings (SSSR count). The van der Waals surface area contributed by atoms with Crippen molar-refractivity contribution in [1.29, 1.82) is 0 Å². The van der Waals surface area contributed by atoms with Crippen LogP contribution in [-0.2, 0) is 11.3 Å². The molecule has 1 atom stereocenters. The number of carbonyl (C=O) groups excluding carboxylic acids is 1. The largest absolute Gasteiger partial charge is 0.480 e. The molecule has 0 saturated carbocycles. The fraction of sp³-hybridized carbons (Fsp3) is 0.533. The van der Waals surface area contributed by atoms with Gasteiger partial charge in [0, 0.05) is 32.1 Å². The molecule has 0 bridgehead atoms. The minimum atomic E-state index is -0.327. The minimum absolute atomic E-state index is 0.0812. The number of para-hydroxylation sites is 1. The molecule has 0 radical (unpaired) electrons. The molecule has 1 aromatic rings. The second-order valence-electron chi connectivity index (χ2n) is 5.00. The first-order valence-electron chi connectivity index (χ1n) is 6.84. The molecule has 19 heavy (non-hydrogen) atoms. The Bertz CT molecular complexity index is 459. The van der Waals surface area contributed by atoms with Crippen molar-refractivity contribution in [3.8, 4) is 5.75 Å². The number of carbonyl (C=O) groups is 1. The fourth-order valence-corrected chi connectivity index (χ4v) is 2.32. The van der Waals surface area contributed by atoms with Gasteiger partial charge in [0.1, 0.15) is 5.75 Å². The summed E-state index contributed by atoms with van der Waals surface area (Å²) in [6.45, 7) is 6.56. The highest BCUT2D eigenvalue weighted by Gasteiger charge is 2.31. The van der Waals surface area contributed by atoms with Gasteiger partial charge in [-0.1, -0.05) is 25.1 Å². The zero-order chi connectivity index (χ0) is 13.8. The summed E-state index contributed by atoms with van der Waals surface area (Å²) in [6.07, 6.45) is 0.441. The molecule has 1 aromatic carbocycles. The molecule has 1 aliphatic heterocycles. The molecule has 1 fully saturated rings. The van der Waals surface area contributed by atoms with Gasteiger partial charge in [-0.05, 0) is 19.0 Å². The van der Waals surface area contributed by atoms with Crippen LogP contribution in [0.2, 0.25) is 0 Å².